The van der Waals surface area contributed by atoms with Gasteiger partial charge < -0.3 is 4.84 Å². The lowest BCUT2D eigenvalue weighted by atomic mass is 10.0. The van der Waals surface area contributed by atoms with Crippen LogP contribution in [-0.2, 0) is 15.8 Å². The molecule has 0 atom stereocenters. The Morgan fingerprint density at radius 2 is 1.71 bits per heavy atom. The van der Waals surface area contributed by atoms with E-state index in [0.29, 0.717) is 5.57 Å². The van der Waals surface area contributed by atoms with Crippen molar-refractivity contribution in [2.75, 3.05) is 11.6 Å². The predicted molar refractivity (Wildman–Crippen MR) is 87.0 cm³/mol. The maximum absolute atomic E-state index is 13.2. The van der Waals surface area contributed by atoms with Crippen LogP contribution in [-0.4, -0.2) is 12.5 Å². The lowest BCUT2D eigenvalue weighted by Gasteiger charge is -2.29. The molecule has 124 valence electrons. The Hall–Kier alpha value is -2.28. The monoisotopic (exact) mass is 397 g/mol. The Labute approximate surface area is 144 Å². The molecule has 7 heteroatoms. The van der Waals surface area contributed by atoms with Crippen molar-refractivity contribution in [3.63, 3.8) is 0 Å². The lowest BCUT2D eigenvalue weighted by molar-refractivity contribution is -0.143. The molecule has 2 aromatic carbocycles. The highest BCUT2D eigenvalue weighted by molar-refractivity contribution is 9.10. The van der Waals surface area contributed by atoms with Crippen molar-refractivity contribution in [1.29, 1.82) is 0 Å². The van der Waals surface area contributed by atoms with Crippen LogP contribution >= 0.6 is 15.9 Å². The van der Waals surface area contributed by atoms with E-state index in [1.165, 1.54) is 24.3 Å². The molecule has 0 radical (unpaired) electrons. The Morgan fingerprint density at radius 1 is 1.04 bits per heavy atom. The molecule has 1 heterocycles. The molecule has 0 saturated carbocycles. The summed E-state index contributed by atoms with van der Waals surface area (Å²) in [5.41, 5.74) is 0.274. The number of halogens is 4. The number of rotatable bonds is 2. The van der Waals surface area contributed by atoms with Crippen LogP contribution in [0.25, 0.3) is 5.57 Å². The number of hydrogen-bond donors (Lipinski definition) is 0. The Kier molecular flexibility index (Phi) is 4.36. The highest BCUT2D eigenvalue weighted by atomic mass is 79.9. The molecular formula is C17H11BrF3NO2. The fourth-order valence-corrected chi connectivity index (χ4v) is 2.68. The fourth-order valence-electron chi connectivity index (χ4n) is 2.41. The second kappa shape index (κ2) is 6.32. The zero-order chi connectivity index (χ0) is 17.3. The summed E-state index contributed by atoms with van der Waals surface area (Å²) in [6, 6.07) is 12.2. The largest absolute Gasteiger partial charge is 0.418 e. The van der Waals surface area contributed by atoms with Gasteiger partial charge in [0.25, 0.3) is 0 Å². The van der Waals surface area contributed by atoms with Crippen molar-refractivity contribution in [3.8, 4) is 0 Å². The summed E-state index contributed by atoms with van der Waals surface area (Å²) in [5.74, 6) is -0.712. The highest BCUT2D eigenvalue weighted by Gasteiger charge is 2.36. The smallest absolute Gasteiger partial charge is 0.336 e. The van der Waals surface area contributed by atoms with E-state index in [2.05, 4.69) is 15.9 Å². The normalized spacial score (nSPS) is 15.1. The molecule has 0 bridgehead atoms. The number of hydrogen-bond acceptors (Lipinski definition) is 3. The Morgan fingerprint density at radius 3 is 2.38 bits per heavy atom. The topological polar surface area (TPSA) is 29.5 Å². The standard InChI is InChI=1S/C17H11BrF3NO2/c18-13-7-5-11(6-8-13)12-9-16(23)24-22(10-12)15-4-2-1-3-14(15)17(19,20)21/h1-9H,10H2. The Balaban J connectivity index is 1.96. The van der Waals surface area contributed by atoms with Gasteiger partial charge in [-0.25, -0.2) is 9.86 Å². The van der Waals surface area contributed by atoms with Crippen LogP contribution in [0.5, 0.6) is 0 Å². The van der Waals surface area contributed by atoms with E-state index in [1.807, 2.05) is 0 Å². The molecule has 0 N–H and O–H groups in total. The maximum atomic E-state index is 13.2. The summed E-state index contributed by atoms with van der Waals surface area (Å²) in [7, 11) is 0. The first-order valence-electron chi connectivity index (χ1n) is 6.97. The zero-order valence-corrected chi connectivity index (χ0v) is 13.8. The third kappa shape index (κ3) is 3.46. The van der Waals surface area contributed by atoms with E-state index < -0.39 is 17.7 Å². The summed E-state index contributed by atoms with van der Waals surface area (Å²) >= 11 is 3.31. The van der Waals surface area contributed by atoms with Gasteiger partial charge >= 0.3 is 12.1 Å². The van der Waals surface area contributed by atoms with Gasteiger partial charge in [0, 0.05) is 10.5 Å². The zero-order valence-electron chi connectivity index (χ0n) is 12.2. The van der Waals surface area contributed by atoms with E-state index in [0.717, 1.165) is 21.2 Å². The number of anilines is 1. The quantitative estimate of drug-likeness (QED) is 0.726. The van der Waals surface area contributed by atoms with Gasteiger partial charge in [-0.3, -0.25) is 0 Å². The third-order valence-corrected chi connectivity index (χ3v) is 4.03. The van der Waals surface area contributed by atoms with Gasteiger partial charge in [-0.2, -0.15) is 13.2 Å². The average molecular weight is 398 g/mol. The molecule has 1 aliphatic heterocycles. The number of carbonyl (C=O) groups excluding carboxylic acids is 1. The van der Waals surface area contributed by atoms with Crippen molar-refractivity contribution >= 4 is 33.2 Å². The second-order valence-corrected chi connectivity index (χ2v) is 6.05. The molecule has 1 aliphatic rings. The SMILES string of the molecule is O=C1C=C(c2ccc(Br)cc2)CN(c2ccccc2C(F)(F)F)O1. The molecule has 2 aromatic rings. The van der Waals surface area contributed by atoms with Crippen molar-refractivity contribution in [2.24, 2.45) is 0 Å². The van der Waals surface area contributed by atoms with Crippen LogP contribution in [0.15, 0.2) is 59.1 Å². The van der Waals surface area contributed by atoms with Gasteiger partial charge in [0.15, 0.2) is 0 Å². The molecule has 0 spiro atoms. The minimum atomic E-state index is -4.54. The average Bonchev–Trinajstić information content (AvgIpc) is 2.54. The summed E-state index contributed by atoms with van der Waals surface area (Å²) in [4.78, 5) is 16.8. The first-order valence-corrected chi connectivity index (χ1v) is 7.76. The Bertz CT molecular complexity index is 800. The molecule has 0 unspecified atom stereocenters. The molecule has 0 amide bonds. The van der Waals surface area contributed by atoms with Gasteiger partial charge in [-0.1, -0.05) is 40.2 Å². The van der Waals surface area contributed by atoms with Gasteiger partial charge in [0.1, 0.15) is 0 Å². The minimum Gasteiger partial charge on any atom is -0.336 e. The van der Waals surface area contributed by atoms with Gasteiger partial charge in [-0.15, -0.1) is 0 Å². The van der Waals surface area contributed by atoms with Gasteiger partial charge in [-0.05, 0) is 35.4 Å². The number of hydroxylamine groups is 1. The van der Waals surface area contributed by atoms with Gasteiger partial charge in [0.2, 0.25) is 0 Å². The molecule has 0 aliphatic carbocycles. The summed E-state index contributed by atoms with van der Waals surface area (Å²) in [6.45, 7) is 0.0282. The second-order valence-electron chi connectivity index (χ2n) is 5.14. The fraction of sp³-hybridized carbons (Fsp3) is 0.118. The first kappa shape index (κ1) is 16.6. The summed E-state index contributed by atoms with van der Waals surface area (Å²) in [6.07, 6.45) is -3.25. The molecule has 3 rings (SSSR count). The van der Waals surface area contributed by atoms with Crippen LogP contribution in [0.4, 0.5) is 18.9 Å². The summed E-state index contributed by atoms with van der Waals surface area (Å²) < 4.78 is 40.4. The van der Waals surface area contributed by atoms with Crippen LogP contribution in [0, 0.1) is 0 Å². The van der Waals surface area contributed by atoms with E-state index in [9.17, 15) is 18.0 Å². The van der Waals surface area contributed by atoms with Crippen molar-refractivity contribution in [3.05, 3.63) is 70.2 Å². The number of benzene rings is 2. The third-order valence-electron chi connectivity index (χ3n) is 3.50. The molecule has 0 fully saturated rings. The predicted octanol–water partition coefficient (Wildman–Crippen LogP) is 4.83. The molecule has 0 aromatic heterocycles. The number of para-hydroxylation sites is 1. The molecule has 0 saturated heterocycles. The minimum absolute atomic E-state index is 0.0282. The number of nitrogens with zero attached hydrogens (tertiary/aromatic N) is 1. The van der Waals surface area contributed by atoms with E-state index in [4.69, 9.17) is 4.84 Å². The summed E-state index contributed by atoms with van der Waals surface area (Å²) in [5, 5.41) is 0.975. The van der Waals surface area contributed by atoms with Crippen LogP contribution in [0.2, 0.25) is 0 Å². The van der Waals surface area contributed by atoms with Crippen molar-refractivity contribution < 1.29 is 22.8 Å². The van der Waals surface area contributed by atoms with Crippen molar-refractivity contribution in [2.45, 2.75) is 6.18 Å². The van der Waals surface area contributed by atoms with Gasteiger partial charge in [0.05, 0.1) is 17.8 Å². The molecule has 24 heavy (non-hydrogen) atoms. The first-order chi connectivity index (χ1) is 11.3. The van der Waals surface area contributed by atoms with Crippen LogP contribution < -0.4 is 5.06 Å². The van der Waals surface area contributed by atoms with E-state index >= 15 is 0 Å². The highest BCUT2D eigenvalue weighted by Crippen LogP contribution is 2.38. The number of carbonyl (C=O) groups is 1. The van der Waals surface area contributed by atoms with E-state index in [1.54, 1.807) is 24.3 Å². The molecular weight excluding hydrogens is 387 g/mol. The molecule has 3 nitrogen and oxygen atoms in total. The van der Waals surface area contributed by atoms with Crippen LogP contribution in [0.3, 0.4) is 0 Å². The van der Waals surface area contributed by atoms with E-state index in [-0.39, 0.29) is 12.2 Å². The number of alkyl halides is 3. The van der Waals surface area contributed by atoms with Crippen molar-refractivity contribution in [1.82, 2.24) is 0 Å². The van der Waals surface area contributed by atoms with Crippen LogP contribution in [0.1, 0.15) is 11.1 Å². The lowest BCUT2D eigenvalue weighted by Crippen LogP contribution is -2.33. The maximum Gasteiger partial charge on any atom is 0.418 e.